The van der Waals surface area contributed by atoms with Crippen LogP contribution in [0.5, 0.6) is 0 Å². The van der Waals surface area contributed by atoms with Crippen LogP contribution in [-0.2, 0) is 11.3 Å². The highest BCUT2D eigenvalue weighted by atomic mass is 35.5. The number of carbonyl (C=O) groups excluding carboxylic acids is 1. The SMILES string of the molecule is CC1(C(=O)NCc2ccccn2)CCNC1.Cl.Cl. The lowest BCUT2D eigenvalue weighted by molar-refractivity contribution is -0.129. The number of hydrogen-bond donors (Lipinski definition) is 2. The van der Waals surface area contributed by atoms with Crippen LogP contribution in [0, 0.1) is 5.41 Å². The van der Waals surface area contributed by atoms with Crippen molar-refractivity contribution < 1.29 is 4.79 Å². The first-order valence-electron chi connectivity index (χ1n) is 5.60. The molecule has 0 radical (unpaired) electrons. The lowest BCUT2D eigenvalue weighted by Gasteiger charge is -2.21. The molecule has 2 rings (SSSR count). The largest absolute Gasteiger partial charge is 0.350 e. The van der Waals surface area contributed by atoms with Gasteiger partial charge < -0.3 is 10.6 Å². The average Bonchev–Trinajstić information content (AvgIpc) is 2.76. The van der Waals surface area contributed by atoms with Crippen molar-refractivity contribution >= 4 is 30.7 Å². The van der Waals surface area contributed by atoms with Gasteiger partial charge in [0.05, 0.1) is 17.7 Å². The molecule has 1 fully saturated rings. The lowest BCUT2D eigenvalue weighted by atomic mass is 9.89. The van der Waals surface area contributed by atoms with Gasteiger partial charge in [0.25, 0.3) is 0 Å². The molecule has 0 aliphatic carbocycles. The lowest BCUT2D eigenvalue weighted by Crippen LogP contribution is -2.40. The van der Waals surface area contributed by atoms with Gasteiger partial charge >= 0.3 is 0 Å². The van der Waals surface area contributed by atoms with Crippen molar-refractivity contribution in [1.29, 1.82) is 0 Å². The standard InChI is InChI=1S/C12H17N3O.2ClH/c1-12(5-7-13-9-12)11(16)15-8-10-4-2-3-6-14-10;;/h2-4,6,13H,5,7-9H2,1H3,(H,15,16);2*1H. The number of nitrogens with zero attached hydrogens (tertiary/aromatic N) is 1. The van der Waals surface area contributed by atoms with Gasteiger partial charge in [-0.2, -0.15) is 0 Å². The second-order valence-corrected chi connectivity index (χ2v) is 4.49. The quantitative estimate of drug-likeness (QED) is 0.888. The van der Waals surface area contributed by atoms with Crippen LogP contribution >= 0.6 is 24.8 Å². The molecule has 0 bridgehead atoms. The van der Waals surface area contributed by atoms with Gasteiger partial charge in [0.15, 0.2) is 0 Å². The first kappa shape index (κ1) is 17.2. The molecule has 1 aromatic rings. The summed E-state index contributed by atoms with van der Waals surface area (Å²) in [6.07, 6.45) is 2.64. The van der Waals surface area contributed by atoms with Crippen molar-refractivity contribution in [3.8, 4) is 0 Å². The Labute approximate surface area is 120 Å². The number of amides is 1. The van der Waals surface area contributed by atoms with Crippen LogP contribution in [0.4, 0.5) is 0 Å². The van der Waals surface area contributed by atoms with Gasteiger partial charge in [0.1, 0.15) is 0 Å². The molecule has 102 valence electrons. The molecule has 2 heterocycles. The van der Waals surface area contributed by atoms with E-state index in [1.807, 2.05) is 25.1 Å². The summed E-state index contributed by atoms with van der Waals surface area (Å²) in [5.41, 5.74) is 0.639. The van der Waals surface area contributed by atoms with Crippen LogP contribution in [0.3, 0.4) is 0 Å². The van der Waals surface area contributed by atoms with Crippen molar-refractivity contribution in [2.45, 2.75) is 19.9 Å². The molecule has 1 atom stereocenters. The van der Waals surface area contributed by atoms with E-state index in [4.69, 9.17) is 0 Å². The Morgan fingerprint density at radius 3 is 2.83 bits per heavy atom. The second-order valence-electron chi connectivity index (χ2n) is 4.49. The minimum atomic E-state index is -0.255. The average molecular weight is 292 g/mol. The summed E-state index contributed by atoms with van der Waals surface area (Å²) in [5.74, 6) is 0.114. The maximum atomic E-state index is 12.0. The minimum Gasteiger partial charge on any atom is -0.350 e. The molecule has 6 heteroatoms. The zero-order valence-corrected chi connectivity index (χ0v) is 11.9. The molecule has 0 saturated carbocycles. The molecule has 1 unspecified atom stereocenters. The Morgan fingerprint density at radius 1 is 1.50 bits per heavy atom. The first-order chi connectivity index (χ1) is 7.71. The van der Waals surface area contributed by atoms with Crippen LogP contribution in [0.15, 0.2) is 24.4 Å². The fourth-order valence-electron chi connectivity index (χ4n) is 1.90. The number of aromatic nitrogens is 1. The Bertz CT molecular complexity index is 367. The van der Waals surface area contributed by atoms with Crippen LogP contribution < -0.4 is 10.6 Å². The number of halogens is 2. The Hall–Kier alpha value is -0.840. The summed E-state index contributed by atoms with van der Waals surface area (Å²) in [6.45, 7) is 4.20. The van der Waals surface area contributed by atoms with Gasteiger partial charge in [-0.1, -0.05) is 6.07 Å². The predicted octanol–water partition coefficient (Wildman–Crippen LogP) is 1.54. The molecule has 1 aliphatic heterocycles. The minimum absolute atomic E-state index is 0. The molecule has 2 N–H and O–H groups in total. The Balaban J connectivity index is 0.00000144. The van der Waals surface area contributed by atoms with Gasteiger partial charge in [-0.25, -0.2) is 0 Å². The van der Waals surface area contributed by atoms with Crippen molar-refractivity contribution in [2.24, 2.45) is 5.41 Å². The molecular formula is C12H19Cl2N3O. The van der Waals surface area contributed by atoms with E-state index in [0.29, 0.717) is 6.54 Å². The van der Waals surface area contributed by atoms with E-state index < -0.39 is 0 Å². The van der Waals surface area contributed by atoms with Gasteiger partial charge in [-0.15, -0.1) is 24.8 Å². The highest BCUT2D eigenvalue weighted by Gasteiger charge is 2.35. The zero-order valence-electron chi connectivity index (χ0n) is 10.3. The van der Waals surface area contributed by atoms with E-state index in [9.17, 15) is 4.79 Å². The van der Waals surface area contributed by atoms with Crippen LogP contribution in [-0.4, -0.2) is 24.0 Å². The normalized spacial score (nSPS) is 21.6. The van der Waals surface area contributed by atoms with Crippen molar-refractivity contribution in [1.82, 2.24) is 15.6 Å². The van der Waals surface area contributed by atoms with Gasteiger partial charge in [0.2, 0.25) is 5.91 Å². The van der Waals surface area contributed by atoms with E-state index >= 15 is 0 Å². The van der Waals surface area contributed by atoms with Crippen molar-refractivity contribution in [2.75, 3.05) is 13.1 Å². The van der Waals surface area contributed by atoms with Gasteiger partial charge in [-0.3, -0.25) is 9.78 Å². The molecule has 1 aromatic heterocycles. The summed E-state index contributed by atoms with van der Waals surface area (Å²) >= 11 is 0. The number of carbonyl (C=O) groups is 1. The van der Waals surface area contributed by atoms with E-state index in [1.54, 1.807) is 6.20 Å². The van der Waals surface area contributed by atoms with E-state index in [0.717, 1.165) is 25.2 Å². The highest BCUT2D eigenvalue weighted by molar-refractivity contribution is 5.85. The third-order valence-electron chi connectivity index (χ3n) is 3.07. The molecule has 4 nitrogen and oxygen atoms in total. The third kappa shape index (κ3) is 4.12. The Kier molecular flexibility index (Phi) is 7.21. The van der Waals surface area contributed by atoms with E-state index in [2.05, 4.69) is 15.6 Å². The molecule has 1 amide bonds. The summed E-state index contributed by atoms with van der Waals surface area (Å²) in [7, 11) is 0. The number of hydrogen-bond acceptors (Lipinski definition) is 3. The summed E-state index contributed by atoms with van der Waals surface area (Å²) in [6, 6.07) is 5.70. The predicted molar refractivity (Wildman–Crippen MR) is 76.2 cm³/mol. The zero-order chi connectivity index (χ0) is 11.4. The number of rotatable bonds is 3. The van der Waals surface area contributed by atoms with Crippen LogP contribution in [0.2, 0.25) is 0 Å². The summed E-state index contributed by atoms with van der Waals surface area (Å²) in [4.78, 5) is 16.1. The molecule has 0 spiro atoms. The molecule has 1 saturated heterocycles. The molecule has 0 aromatic carbocycles. The van der Waals surface area contributed by atoms with Gasteiger partial charge in [0, 0.05) is 12.7 Å². The fourth-order valence-corrected chi connectivity index (χ4v) is 1.90. The van der Waals surface area contributed by atoms with Crippen molar-refractivity contribution in [3.05, 3.63) is 30.1 Å². The smallest absolute Gasteiger partial charge is 0.227 e. The molecular weight excluding hydrogens is 273 g/mol. The number of pyridine rings is 1. The second kappa shape index (κ2) is 7.56. The van der Waals surface area contributed by atoms with E-state index in [1.165, 1.54) is 0 Å². The van der Waals surface area contributed by atoms with Crippen LogP contribution in [0.25, 0.3) is 0 Å². The van der Waals surface area contributed by atoms with E-state index in [-0.39, 0.29) is 36.1 Å². The van der Waals surface area contributed by atoms with Gasteiger partial charge in [-0.05, 0) is 32.0 Å². The maximum Gasteiger partial charge on any atom is 0.227 e. The molecule has 18 heavy (non-hydrogen) atoms. The van der Waals surface area contributed by atoms with Crippen molar-refractivity contribution in [3.63, 3.8) is 0 Å². The fraction of sp³-hybridized carbons (Fsp3) is 0.500. The third-order valence-corrected chi connectivity index (χ3v) is 3.07. The Morgan fingerprint density at radius 2 is 2.28 bits per heavy atom. The number of nitrogens with one attached hydrogen (secondary N) is 2. The summed E-state index contributed by atoms with van der Waals surface area (Å²) < 4.78 is 0. The first-order valence-corrected chi connectivity index (χ1v) is 5.60. The topological polar surface area (TPSA) is 54.0 Å². The summed E-state index contributed by atoms with van der Waals surface area (Å²) in [5, 5.41) is 6.16. The highest BCUT2D eigenvalue weighted by Crippen LogP contribution is 2.24. The maximum absolute atomic E-state index is 12.0. The monoisotopic (exact) mass is 291 g/mol. The molecule has 1 aliphatic rings. The van der Waals surface area contributed by atoms with Crippen LogP contribution in [0.1, 0.15) is 19.0 Å².